The van der Waals surface area contributed by atoms with Crippen molar-refractivity contribution in [2.24, 2.45) is 0 Å². The topological polar surface area (TPSA) is 87.0 Å². The van der Waals surface area contributed by atoms with Gasteiger partial charge in [-0.2, -0.15) is 0 Å². The number of carbonyl (C=O) groups excluding carboxylic acids is 1. The summed E-state index contributed by atoms with van der Waals surface area (Å²) in [5.74, 6) is -1.45. The third-order valence-corrected chi connectivity index (χ3v) is 1.51. The number of ether oxygens (including phenoxy) is 1. The number of esters is 1. The van der Waals surface area contributed by atoms with Crippen LogP contribution in [-0.2, 0) is 4.79 Å². The second-order valence-corrected chi connectivity index (χ2v) is 2.75. The first-order chi connectivity index (χ1) is 6.50. The molecule has 0 saturated carbocycles. The molecule has 5 heteroatoms. The molecule has 1 unspecified atom stereocenters. The Morgan fingerprint density at radius 3 is 2.50 bits per heavy atom. The fourth-order valence-corrected chi connectivity index (χ4v) is 0.768. The number of hydrogen-bond acceptors (Lipinski definition) is 5. The van der Waals surface area contributed by atoms with Gasteiger partial charge in [0.15, 0.2) is 11.5 Å². The van der Waals surface area contributed by atoms with Gasteiger partial charge in [0.2, 0.25) is 0 Å². The Kier molecular flexibility index (Phi) is 2.93. The summed E-state index contributed by atoms with van der Waals surface area (Å²) in [6, 6.07) is 3.56. The summed E-state index contributed by atoms with van der Waals surface area (Å²) < 4.78 is 4.65. The van der Waals surface area contributed by atoms with Gasteiger partial charge in [-0.05, 0) is 19.1 Å². The summed E-state index contributed by atoms with van der Waals surface area (Å²) in [5, 5.41) is 26.8. The maximum absolute atomic E-state index is 10.9. The lowest BCUT2D eigenvalue weighted by atomic mass is 10.3. The number of aromatic hydroxyl groups is 2. The molecular weight excluding hydrogens is 188 g/mol. The third kappa shape index (κ3) is 2.37. The molecule has 1 atom stereocenters. The lowest BCUT2D eigenvalue weighted by Crippen LogP contribution is -2.21. The number of phenols is 2. The predicted octanol–water partition coefficient (Wildman–Crippen LogP) is 0.384. The molecule has 0 heterocycles. The first kappa shape index (κ1) is 10.3. The minimum atomic E-state index is -1.23. The maximum atomic E-state index is 10.9. The van der Waals surface area contributed by atoms with E-state index in [1.807, 2.05) is 0 Å². The summed E-state index contributed by atoms with van der Waals surface area (Å²) in [6.07, 6.45) is -1.23. The molecule has 0 amide bonds. The highest BCUT2D eigenvalue weighted by Gasteiger charge is 2.12. The van der Waals surface area contributed by atoms with Crippen molar-refractivity contribution in [1.29, 1.82) is 0 Å². The Hall–Kier alpha value is -1.75. The summed E-state index contributed by atoms with van der Waals surface area (Å²) >= 11 is 0. The van der Waals surface area contributed by atoms with Gasteiger partial charge in [-0.25, -0.2) is 4.79 Å². The van der Waals surface area contributed by atoms with Crippen molar-refractivity contribution in [3.63, 3.8) is 0 Å². The van der Waals surface area contributed by atoms with E-state index in [9.17, 15) is 4.79 Å². The van der Waals surface area contributed by atoms with Crippen LogP contribution in [-0.4, -0.2) is 27.4 Å². The molecular formula is C9H10O5. The smallest absolute Gasteiger partial charge is 0.340 e. The van der Waals surface area contributed by atoms with Crippen LogP contribution < -0.4 is 4.74 Å². The predicted molar refractivity (Wildman–Crippen MR) is 47.1 cm³/mol. The quantitative estimate of drug-likeness (QED) is 0.363. The Labute approximate surface area is 80.2 Å². The zero-order chi connectivity index (χ0) is 10.7. The van der Waals surface area contributed by atoms with E-state index >= 15 is 0 Å². The Morgan fingerprint density at radius 1 is 1.36 bits per heavy atom. The van der Waals surface area contributed by atoms with Crippen molar-refractivity contribution < 1.29 is 24.9 Å². The lowest BCUT2D eigenvalue weighted by Gasteiger charge is -2.06. The monoisotopic (exact) mass is 198 g/mol. The van der Waals surface area contributed by atoms with Gasteiger partial charge in [-0.1, -0.05) is 0 Å². The molecule has 0 aliphatic carbocycles. The molecule has 0 aromatic heterocycles. The first-order valence-electron chi connectivity index (χ1n) is 3.92. The molecule has 0 aliphatic rings. The number of rotatable bonds is 2. The van der Waals surface area contributed by atoms with Gasteiger partial charge in [0.1, 0.15) is 11.9 Å². The first-order valence-corrected chi connectivity index (χ1v) is 3.92. The summed E-state index contributed by atoms with van der Waals surface area (Å²) in [6.45, 7) is 1.27. The van der Waals surface area contributed by atoms with Crippen LogP contribution in [0, 0.1) is 0 Å². The lowest BCUT2D eigenvalue weighted by molar-refractivity contribution is -0.142. The molecule has 0 bridgehead atoms. The van der Waals surface area contributed by atoms with E-state index < -0.39 is 12.1 Å². The van der Waals surface area contributed by atoms with Crippen molar-refractivity contribution in [3.05, 3.63) is 18.2 Å². The van der Waals surface area contributed by atoms with Crippen molar-refractivity contribution in [3.8, 4) is 17.2 Å². The molecule has 0 fully saturated rings. The van der Waals surface area contributed by atoms with Crippen LogP contribution in [0.4, 0.5) is 0 Å². The SMILES string of the molecule is CC(O)C(=O)Oc1ccc(O)c(O)c1. The summed E-state index contributed by atoms with van der Waals surface area (Å²) in [7, 11) is 0. The molecule has 0 saturated heterocycles. The Bertz CT molecular complexity index is 345. The minimum absolute atomic E-state index is 0.0613. The maximum Gasteiger partial charge on any atom is 0.340 e. The fourth-order valence-electron chi connectivity index (χ4n) is 0.768. The normalized spacial score (nSPS) is 12.1. The second kappa shape index (κ2) is 3.97. The van der Waals surface area contributed by atoms with E-state index in [1.165, 1.54) is 19.1 Å². The van der Waals surface area contributed by atoms with Crippen LogP contribution in [0.25, 0.3) is 0 Å². The van der Waals surface area contributed by atoms with Gasteiger partial charge in [0.25, 0.3) is 0 Å². The van der Waals surface area contributed by atoms with Gasteiger partial charge in [0.05, 0.1) is 0 Å². The highest BCUT2D eigenvalue weighted by Crippen LogP contribution is 2.28. The highest BCUT2D eigenvalue weighted by molar-refractivity contribution is 5.76. The largest absolute Gasteiger partial charge is 0.504 e. The standard InChI is InChI=1S/C9H10O5/c1-5(10)9(13)14-6-2-3-7(11)8(12)4-6/h2-5,10-12H,1H3. The molecule has 1 aromatic rings. The minimum Gasteiger partial charge on any atom is -0.504 e. The molecule has 76 valence electrons. The summed E-state index contributed by atoms with van der Waals surface area (Å²) in [4.78, 5) is 10.9. The van der Waals surface area contributed by atoms with Crippen LogP contribution in [0.3, 0.4) is 0 Å². The molecule has 14 heavy (non-hydrogen) atoms. The highest BCUT2D eigenvalue weighted by atomic mass is 16.5. The third-order valence-electron chi connectivity index (χ3n) is 1.51. The van der Waals surface area contributed by atoms with Crippen molar-refractivity contribution in [1.82, 2.24) is 0 Å². The van der Waals surface area contributed by atoms with Crippen molar-refractivity contribution in [2.45, 2.75) is 13.0 Å². The number of benzene rings is 1. The molecule has 0 radical (unpaired) electrons. The van der Waals surface area contributed by atoms with E-state index in [2.05, 4.69) is 4.74 Å². The number of hydrogen-bond donors (Lipinski definition) is 3. The Balaban J connectivity index is 2.78. The van der Waals surface area contributed by atoms with Crippen LogP contribution in [0.1, 0.15) is 6.92 Å². The van der Waals surface area contributed by atoms with E-state index in [0.29, 0.717) is 0 Å². The van der Waals surface area contributed by atoms with Gasteiger partial charge in [-0.3, -0.25) is 0 Å². The molecule has 5 nitrogen and oxygen atoms in total. The van der Waals surface area contributed by atoms with Crippen LogP contribution in [0.15, 0.2) is 18.2 Å². The average Bonchev–Trinajstić information content (AvgIpc) is 2.11. The molecule has 0 spiro atoms. The number of aliphatic hydroxyl groups is 1. The van der Waals surface area contributed by atoms with E-state index in [4.69, 9.17) is 15.3 Å². The zero-order valence-corrected chi connectivity index (χ0v) is 7.47. The average molecular weight is 198 g/mol. The molecule has 0 aliphatic heterocycles. The van der Waals surface area contributed by atoms with Crippen LogP contribution >= 0.6 is 0 Å². The summed E-state index contributed by atoms with van der Waals surface area (Å²) in [5.41, 5.74) is 0. The molecule has 1 aromatic carbocycles. The van der Waals surface area contributed by atoms with Crippen molar-refractivity contribution >= 4 is 5.97 Å². The number of aliphatic hydroxyl groups excluding tert-OH is 1. The van der Waals surface area contributed by atoms with Crippen LogP contribution in [0.2, 0.25) is 0 Å². The van der Waals surface area contributed by atoms with E-state index in [-0.39, 0.29) is 17.2 Å². The molecule has 3 N–H and O–H groups in total. The fraction of sp³-hybridized carbons (Fsp3) is 0.222. The number of carbonyl (C=O) groups is 1. The van der Waals surface area contributed by atoms with Gasteiger partial charge in [0, 0.05) is 6.07 Å². The van der Waals surface area contributed by atoms with Gasteiger partial charge >= 0.3 is 5.97 Å². The van der Waals surface area contributed by atoms with Crippen LogP contribution in [0.5, 0.6) is 17.2 Å². The van der Waals surface area contributed by atoms with Gasteiger partial charge in [-0.15, -0.1) is 0 Å². The molecule has 1 rings (SSSR count). The zero-order valence-electron chi connectivity index (χ0n) is 7.47. The Morgan fingerprint density at radius 2 is 2.00 bits per heavy atom. The van der Waals surface area contributed by atoms with Gasteiger partial charge < -0.3 is 20.1 Å². The van der Waals surface area contributed by atoms with E-state index in [1.54, 1.807) is 0 Å². The van der Waals surface area contributed by atoms with Crippen molar-refractivity contribution in [2.75, 3.05) is 0 Å². The number of phenolic OH excluding ortho intramolecular Hbond substituents is 2. The second-order valence-electron chi connectivity index (χ2n) is 2.75. The van der Waals surface area contributed by atoms with E-state index in [0.717, 1.165) is 6.07 Å².